The predicted octanol–water partition coefficient (Wildman–Crippen LogP) is 5.40. The van der Waals surface area contributed by atoms with Gasteiger partial charge in [-0.1, -0.05) is 56.4 Å². The summed E-state index contributed by atoms with van der Waals surface area (Å²) in [5, 5.41) is 0. The quantitative estimate of drug-likeness (QED) is 0.668. The van der Waals surface area contributed by atoms with E-state index >= 15 is 0 Å². The maximum atomic E-state index is 12.6. The van der Waals surface area contributed by atoms with E-state index in [-0.39, 0.29) is 11.7 Å². The van der Waals surface area contributed by atoms with Crippen molar-refractivity contribution in [1.29, 1.82) is 0 Å². The van der Waals surface area contributed by atoms with Crippen LogP contribution in [0.15, 0.2) is 66.8 Å². The van der Waals surface area contributed by atoms with Crippen LogP contribution in [-0.4, -0.2) is 30.4 Å². The third kappa shape index (κ3) is 6.97. The lowest BCUT2D eigenvalue weighted by Crippen LogP contribution is -2.37. The minimum absolute atomic E-state index is 0.178. The molecule has 0 unspecified atom stereocenters. The van der Waals surface area contributed by atoms with E-state index < -0.39 is 0 Å². The molecule has 2 aliphatic rings. The van der Waals surface area contributed by atoms with Crippen molar-refractivity contribution < 1.29 is 9.18 Å². The molecule has 2 N–H and O–H groups in total. The smallest absolute Gasteiger partial charge is 0.222 e. The Morgan fingerprint density at radius 3 is 2.28 bits per heavy atom. The Bertz CT molecular complexity index is 705. The number of carbonyl (C=O) groups excluding carboxylic acids is 1. The molecular weight excluding hydrogens is 363 g/mol. The summed E-state index contributed by atoms with van der Waals surface area (Å²) in [6.07, 6.45) is 12.5. The van der Waals surface area contributed by atoms with E-state index in [1.807, 2.05) is 17.1 Å². The summed E-state index contributed by atoms with van der Waals surface area (Å²) in [5.41, 5.74) is 8.50. The van der Waals surface area contributed by atoms with Gasteiger partial charge in [-0.15, -0.1) is 0 Å². The fourth-order valence-corrected chi connectivity index (χ4v) is 4.44. The fraction of sp³-hybridized carbons (Fsp3) is 0.480. The molecule has 1 aliphatic carbocycles. The van der Waals surface area contributed by atoms with E-state index in [0.29, 0.717) is 18.4 Å². The average Bonchev–Trinajstić information content (AvgIpc) is 3.21. The molecule has 0 spiro atoms. The Kier molecular flexibility index (Phi) is 9.33. The van der Waals surface area contributed by atoms with Gasteiger partial charge in [-0.25, -0.2) is 4.39 Å². The van der Waals surface area contributed by atoms with Crippen LogP contribution in [0.4, 0.5) is 4.39 Å². The number of benzene rings is 1. The fourth-order valence-electron chi connectivity index (χ4n) is 4.44. The highest BCUT2D eigenvalue weighted by atomic mass is 19.1. The van der Waals surface area contributed by atoms with Crippen molar-refractivity contribution in [2.24, 2.45) is 11.1 Å². The molecule has 1 heterocycles. The maximum absolute atomic E-state index is 12.6. The van der Waals surface area contributed by atoms with Crippen LogP contribution in [0, 0.1) is 11.2 Å². The van der Waals surface area contributed by atoms with Crippen molar-refractivity contribution >= 4 is 5.91 Å². The SMILES string of the molecule is C=CC1=C(C=C)CN(C(=O)CCC2(CCN)CCCC2)CC1.Fc1ccccc1. The third-order valence-corrected chi connectivity index (χ3v) is 6.21. The first-order chi connectivity index (χ1) is 14.0. The molecule has 0 aromatic heterocycles. The van der Waals surface area contributed by atoms with Gasteiger partial charge in [-0.2, -0.15) is 0 Å². The molecular formula is C25H35FN2O. The van der Waals surface area contributed by atoms with E-state index in [0.717, 1.165) is 37.9 Å². The van der Waals surface area contributed by atoms with E-state index in [9.17, 15) is 9.18 Å². The molecule has 3 rings (SSSR count). The minimum Gasteiger partial charge on any atom is -0.338 e. The van der Waals surface area contributed by atoms with E-state index in [1.54, 1.807) is 18.2 Å². The summed E-state index contributed by atoms with van der Waals surface area (Å²) in [6.45, 7) is 9.95. The van der Waals surface area contributed by atoms with Crippen LogP contribution >= 0.6 is 0 Å². The van der Waals surface area contributed by atoms with E-state index in [4.69, 9.17) is 5.73 Å². The van der Waals surface area contributed by atoms with Gasteiger partial charge in [0.25, 0.3) is 0 Å². The Hall–Kier alpha value is -2.20. The van der Waals surface area contributed by atoms with Crippen LogP contribution in [0.2, 0.25) is 0 Å². The molecule has 0 saturated heterocycles. The first-order valence-corrected chi connectivity index (χ1v) is 10.7. The van der Waals surface area contributed by atoms with Gasteiger partial charge < -0.3 is 10.6 Å². The number of nitrogens with two attached hydrogens (primary N) is 1. The van der Waals surface area contributed by atoms with Crippen LogP contribution in [0.3, 0.4) is 0 Å². The van der Waals surface area contributed by atoms with Crippen LogP contribution in [-0.2, 0) is 4.79 Å². The molecule has 29 heavy (non-hydrogen) atoms. The Morgan fingerprint density at radius 2 is 1.76 bits per heavy atom. The number of nitrogens with zero attached hydrogens (tertiary/aromatic N) is 1. The molecule has 0 bridgehead atoms. The Morgan fingerprint density at radius 1 is 1.10 bits per heavy atom. The molecule has 1 fully saturated rings. The largest absolute Gasteiger partial charge is 0.338 e. The van der Waals surface area contributed by atoms with Crippen LogP contribution in [0.25, 0.3) is 0 Å². The molecule has 3 nitrogen and oxygen atoms in total. The van der Waals surface area contributed by atoms with E-state index in [2.05, 4.69) is 13.2 Å². The number of halogens is 1. The zero-order valence-corrected chi connectivity index (χ0v) is 17.5. The maximum Gasteiger partial charge on any atom is 0.222 e. The van der Waals surface area contributed by atoms with Crippen LogP contribution in [0.5, 0.6) is 0 Å². The Balaban J connectivity index is 0.000000360. The van der Waals surface area contributed by atoms with Crippen LogP contribution < -0.4 is 5.73 Å². The molecule has 1 aliphatic heterocycles. The number of allylic oxidation sites excluding steroid dienone is 1. The summed E-state index contributed by atoms with van der Waals surface area (Å²) < 4.78 is 11.9. The number of hydrogen-bond acceptors (Lipinski definition) is 2. The summed E-state index contributed by atoms with van der Waals surface area (Å²) in [4.78, 5) is 14.6. The van der Waals surface area contributed by atoms with Crippen molar-refractivity contribution in [2.45, 2.75) is 51.4 Å². The van der Waals surface area contributed by atoms with Gasteiger partial charge in [0, 0.05) is 19.5 Å². The van der Waals surface area contributed by atoms with Gasteiger partial charge in [0.1, 0.15) is 5.82 Å². The molecule has 1 saturated carbocycles. The summed E-state index contributed by atoms with van der Waals surface area (Å²) in [6, 6.07) is 7.94. The Labute approximate surface area is 175 Å². The van der Waals surface area contributed by atoms with Crippen molar-refractivity contribution in [3.63, 3.8) is 0 Å². The zero-order valence-electron chi connectivity index (χ0n) is 17.5. The monoisotopic (exact) mass is 398 g/mol. The zero-order chi connectivity index (χ0) is 21.1. The van der Waals surface area contributed by atoms with Gasteiger partial charge in [0.2, 0.25) is 5.91 Å². The lowest BCUT2D eigenvalue weighted by Gasteiger charge is -2.32. The van der Waals surface area contributed by atoms with Crippen molar-refractivity contribution in [3.8, 4) is 0 Å². The molecule has 158 valence electrons. The highest BCUT2D eigenvalue weighted by Gasteiger charge is 2.33. The molecule has 4 heteroatoms. The minimum atomic E-state index is -0.178. The van der Waals surface area contributed by atoms with Gasteiger partial charge >= 0.3 is 0 Å². The number of hydrogen-bond donors (Lipinski definition) is 1. The highest BCUT2D eigenvalue weighted by Crippen LogP contribution is 2.44. The topological polar surface area (TPSA) is 46.3 Å². The lowest BCUT2D eigenvalue weighted by molar-refractivity contribution is -0.131. The standard InChI is InChI=1S/C19H30N2O.C6H5F/c1-3-16-8-14-21(15-17(16)4-2)18(22)7-11-19(12-13-20)9-5-6-10-19;7-6-4-2-1-3-5-6/h3-4H,1-2,5-15,20H2;1-5H. The molecule has 0 radical (unpaired) electrons. The van der Waals surface area contributed by atoms with Gasteiger partial charge in [0.05, 0.1) is 0 Å². The first kappa shape index (κ1) is 23.1. The number of amides is 1. The van der Waals surface area contributed by atoms with Gasteiger partial charge in [0.15, 0.2) is 0 Å². The second-order valence-corrected chi connectivity index (χ2v) is 8.07. The normalized spacial score (nSPS) is 18.1. The second-order valence-electron chi connectivity index (χ2n) is 8.07. The van der Waals surface area contributed by atoms with E-state index in [1.165, 1.54) is 43.4 Å². The first-order valence-electron chi connectivity index (χ1n) is 10.7. The molecule has 1 aromatic carbocycles. The lowest BCUT2D eigenvalue weighted by atomic mass is 9.78. The third-order valence-electron chi connectivity index (χ3n) is 6.21. The second kappa shape index (κ2) is 11.7. The highest BCUT2D eigenvalue weighted by molar-refractivity contribution is 5.77. The molecule has 1 amide bonds. The molecule has 1 aromatic rings. The average molecular weight is 399 g/mol. The van der Waals surface area contributed by atoms with Crippen molar-refractivity contribution in [1.82, 2.24) is 4.90 Å². The van der Waals surface area contributed by atoms with Gasteiger partial charge in [-0.3, -0.25) is 4.79 Å². The molecule has 0 atom stereocenters. The van der Waals surface area contributed by atoms with Crippen LogP contribution in [0.1, 0.15) is 51.4 Å². The number of carbonyl (C=O) groups is 1. The number of rotatable bonds is 7. The van der Waals surface area contributed by atoms with Crippen molar-refractivity contribution in [2.75, 3.05) is 19.6 Å². The van der Waals surface area contributed by atoms with Gasteiger partial charge in [-0.05, 0) is 67.3 Å². The predicted molar refractivity (Wildman–Crippen MR) is 119 cm³/mol. The summed E-state index contributed by atoms with van der Waals surface area (Å²) >= 11 is 0. The summed E-state index contributed by atoms with van der Waals surface area (Å²) in [7, 11) is 0. The summed E-state index contributed by atoms with van der Waals surface area (Å²) in [5.74, 6) is 0.105. The van der Waals surface area contributed by atoms with Crippen molar-refractivity contribution in [3.05, 3.63) is 72.6 Å².